The van der Waals surface area contributed by atoms with E-state index in [0.29, 0.717) is 6.42 Å². The molecule has 0 saturated heterocycles. The lowest BCUT2D eigenvalue weighted by Gasteiger charge is -2.10. The lowest BCUT2D eigenvalue weighted by Crippen LogP contribution is -2.17. The van der Waals surface area contributed by atoms with Gasteiger partial charge in [0.15, 0.2) is 0 Å². The molecular formula is C11H19NO. The molecule has 0 aromatic heterocycles. The van der Waals surface area contributed by atoms with Crippen LogP contribution in [0, 0.1) is 0 Å². The first kappa shape index (κ1) is 12.1. The summed E-state index contributed by atoms with van der Waals surface area (Å²) in [5.41, 5.74) is 0. The molecule has 0 aliphatic heterocycles. The quantitative estimate of drug-likeness (QED) is 0.442. The fraction of sp³-hybridized carbons (Fsp3) is 0.545. The predicted molar refractivity (Wildman–Crippen MR) is 56.7 cm³/mol. The fourth-order valence-corrected chi connectivity index (χ4v) is 0.841. The van der Waals surface area contributed by atoms with Gasteiger partial charge in [0.2, 0.25) is 0 Å². The number of hydrogen-bond donors (Lipinski definition) is 0. The van der Waals surface area contributed by atoms with Crippen molar-refractivity contribution in [2.24, 2.45) is 0 Å². The molecule has 0 atom stereocenters. The summed E-state index contributed by atoms with van der Waals surface area (Å²) in [6.07, 6.45) is 10.4. The molecule has 0 saturated carbocycles. The van der Waals surface area contributed by atoms with Crippen molar-refractivity contribution >= 4 is 6.29 Å². The standard InChI is InChI=1S/C11H19NO/c1-3-12(2)10-8-6-4-5-7-9-11-13/h4-7,11H,3,8-10H2,1-2H3/b6-4-,7-5-. The van der Waals surface area contributed by atoms with E-state index < -0.39 is 0 Å². The van der Waals surface area contributed by atoms with Crippen molar-refractivity contribution < 1.29 is 4.79 Å². The van der Waals surface area contributed by atoms with Gasteiger partial charge >= 0.3 is 0 Å². The zero-order valence-corrected chi connectivity index (χ0v) is 8.57. The van der Waals surface area contributed by atoms with Gasteiger partial charge in [0, 0.05) is 13.0 Å². The van der Waals surface area contributed by atoms with E-state index in [1.165, 1.54) is 0 Å². The molecule has 0 aliphatic rings. The van der Waals surface area contributed by atoms with Gasteiger partial charge in [-0.05, 0) is 20.0 Å². The number of rotatable bonds is 7. The summed E-state index contributed by atoms with van der Waals surface area (Å²) in [5.74, 6) is 0. The lowest BCUT2D eigenvalue weighted by molar-refractivity contribution is -0.107. The molecule has 0 aromatic carbocycles. The van der Waals surface area contributed by atoms with E-state index >= 15 is 0 Å². The molecule has 0 fully saturated rings. The van der Waals surface area contributed by atoms with Crippen molar-refractivity contribution in [3.63, 3.8) is 0 Å². The third-order valence-electron chi connectivity index (χ3n) is 1.83. The smallest absolute Gasteiger partial charge is 0.123 e. The van der Waals surface area contributed by atoms with E-state index in [-0.39, 0.29) is 0 Å². The van der Waals surface area contributed by atoms with Crippen LogP contribution in [-0.2, 0) is 4.79 Å². The van der Waals surface area contributed by atoms with Crippen molar-refractivity contribution in [1.29, 1.82) is 0 Å². The van der Waals surface area contributed by atoms with Gasteiger partial charge in [0.05, 0.1) is 0 Å². The Kier molecular flexibility index (Phi) is 8.57. The van der Waals surface area contributed by atoms with Crippen LogP contribution in [0.25, 0.3) is 0 Å². The molecule has 74 valence electrons. The molecule has 0 spiro atoms. The molecule has 0 amide bonds. The Hall–Kier alpha value is -0.890. The van der Waals surface area contributed by atoms with Gasteiger partial charge in [-0.25, -0.2) is 0 Å². The monoisotopic (exact) mass is 181 g/mol. The Bertz CT molecular complexity index is 173. The van der Waals surface area contributed by atoms with Crippen LogP contribution in [0.2, 0.25) is 0 Å². The summed E-state index contributed by atoms with van der Waals surface area (Å²) in [6, 6.07) is 0. The van der Waals surface area contributed by atoms with E-state index in [1.807, 2.05) is 18.2 Å². The highest BCUT2D eigenvalue weighted by atomic mass is 16.1. The number of carbonyl (C=O) groups excluding carboxylic acids is 1. The zero-order chi connectivity index (χ0) is 9.94. The minimum atomic E-state index is 0.513. The average molecular weight is 181 g/mol. The van der Waals surface area contributed by atoms with E-state index in [1.54, 1.807) is 0 Å². The second kappa shape index (κ2) is 9.20. The van der Waals surface area contributed by atoms with Gasteiger partial charge in [-0.2, -0.15) is 0 Å². The molecule has 0 N–H and O–H groups in total. The van der Waals surface area contributed by atoms with E-state index in [0.717, 1.165) is 25.8 Å². The SMILES string of the molecule is CCN(C)CC/C=C\C=C/CC=O. The largest absolute Gasteiger partial charge is 0.306 e. The summed E-state index contributed by atoms with van der Waals surface area (Å²) >= 11 is 0. The third kappa shape index (κ3) is 9.02. The van der Waals surface area contributed by atoms with E-state index in [2.05, 4.69) is 24.9 Å². The maximum atomic E-state index is 9.94. The van der Waals surface area contributed by atoms with Crippen LogP contribution >= 0.6 is 0 Å². The molecule has 0 aromatic rings. The normalized spacial score (nSPS) is 11.9. The van der Waals surface area contributed by atoms with Crippen molar-refractivity contribution in [3.05, 3.63) is 24.3 Å². The highest BCUT2D eigenvalue weighted by Crippen LogP contribution is 1.89. The number of hydrogen-bond acceptors (Lipinski definition) is 2. The summed E-state index contributed by atoms with van der Waals surface area (Å²) in [5, 5.41) is 0. The molecule has 0 heterocycles. The van der Waals surface area contributed by atoms with Gasteiger partial charge < -0.3 is 9.69 Å². The fourth-order valence-electron chi connectivity index (χ4n) is 0.841. The Labute approximate surface area is 80.9 Å². The first-order valence-corrected chi connectivity index (χ1v) is 4.75. The Morgan fingerprint density at radius 1 is 1.23 bits per heavy atom. The second-order valence-corrected chi connectivity index (χ2v) is 2.94. The summed E-state index contributed by atoms with van der Waals surface area (Å²) in [7, 11) is 2.11. The van der Waals surface area contributed by atoms with Crippen LogP contribution in [0.5, 0.6) is 0 Å². The van der Waals surface area contributed by atoms with Crippen LogP contribution in [0.3, 0.4) is 0 Å². The number of allylic oxidation sites excluding steroid dienone is 3. The topological polar surface area (TPSA) is 20.3 Å². The van der Waals surface area contributed by atoms with Gasteiger partial charge in [-0.3, -0.25) is 0 Å². The lowest BCUT2D eigenvalue weighted by atomic mass is 10.3. The second-order valence-electron chi connectivity index (χ2n) is 2.94. The maximum absolute atomic E-state index is 9.94. The third-order valence-corrected chi connectivity index (χ3v) is 1.83. The van der Waals surface area contributed by atoms with Gasteiger partial charge in [0.1, 0.15) is 6.29 Å². The van der Waals surface area contributed by atoms with Gasteiger partial charge in [-0.15, -0.1) is 0 Å². The average Bonchev–Trinajstić information content (AvgIpc) is 2.16. The van der Waals surface area contributed by atoms with Crippen LogP contribution in [-0.4, -0.2) is 31.3 Å². The molecule has 0 unspecified atom stereocenters. The Morgan fingerprint density at radius 3 is 2.54 bits per heavy atom. The number of carbonyl (C=O) groups is 1. The molecule has 2 heteroatoms. The minimum Gasteiger partial charge on any atom is -0.306 e. The molecule has 0 rings (SSSR count). The molecular weight excluding hydrogens is 162 g/mol. The summed E-state index contributed by atoms with van der Waals surface area (Å²) in [4.78, 5) is 12.2. The van der Waals surface area contributed by atoms with Crippen LogP contribution < -0.4 is 0 Å². The maximum Gasteiger partial charge on any atom is 0.123 e. The van der Waals surface area contributed by atoms with Crippen molar-refractivity contribution in [2.75, 3.05) is 20.1 Å². The Balaban J connectivity index is 3.35. The first-order valence-electron chi connectivity index (χ1n) is 4.75. The van der Waals surface area contributed by atoms with Crippen LogP contribution in [0.1, 0.15) is 19.8 Å². The number of aldehydes is 1. The molecule has 0 aliphatic carbocycles. The van der Waals surface area contributed by atoms with Crippen molar-refractivity contribution in [3.8, 4) is 0 Å². The summed E-state index contributed by atoms with van der Waals surface area (Å²) in [6.45, 7) is 4.33. The van der Waals surface area contributed by atoms with Crippen molar-refractivity contribution in [1.82, 2.24) is 4.90 Å². The predicted octanol–water partition coefficient (Wildman–Crippen LogP) is 2.03. The highest BCUT2D eigenvalue weighted by Gasteiger charge is 1.88. The minimum absolute atomic E-state index is 0.513. The van der Waals surface area contributed by atoms with Crippen LogP contribution in [0.4, 0.5) is 0 Å². The zero-order valence-electron chi connectivity index (χ0n) is 8.57. The number of nitrogens with zero attached hydrogens (tertiary/aromatic N) is 1. The Morgan fingerprint density at radius 2 is 1.92 bits per heavy atom. The van der Waals surface area contributed by atoms with E-state index in [4.69, 9.17) is 0 Å². The van der Waals surface area contributed by atoms with E-state index in [9.17, 15) is 4.79 Å². The molecule has 0 radical (unpaired) electrons. The molecule has 13 heavy (non-hydrogen) atoms. The summed E-state index contributed by atoms with van der Waals surface area (Å²) < 4.78 is 0. The molecule has 0 bridgehead atoms. The highest BCUT2D eigenvalue weighted by molar-refractivity contribution is 5.52. The van der Waals surface area contributed by atoms with Gasteiger partial charge in [-0.1, -0.05) is 31.2 Å². The van der Waals surface area contributed by atoms with Crippen LogP contribution in [0.15, 0.2) is 24.3 Å². The van der Waals surface area contributed by atoms with Crippen molar-refractivity contribution in [2.45, 2.75) is 19.8 Å². The first-order chi connectivity index (χ1) is 6.31. The molecule has 2 nitrogen and oxygen atoms in total. The van der Waals surface area contributed by atoms with Gasteiger partial charge in [0.25, 0.3) is 0 Å².